The fourth-order valence-corrected chi connectivity index (χ4v) is 4.32. The Bertz CT molecular complexity index is 984. The molecule has 1 atom stereocenters. The number of fused-ring (bicyclic) bond motifs is 1. The lowest BCUT2D eigenvalue weighted by Gasteiger charge is -2.25. The van der Waals surface area contributed by atoms with Gasteiger partial charge in [0.05, 0.1) is 10.2 Å². The van der Waals surface area contributed by atoms with Crippen LogP contribution >= 0.6 is 11.3 Å². The van der Waals surface area contributed by atoms with E-state index in [9.17, 15) is 0 Å². The molecule has 0 amide bonds. The van der Waals surface area contributed by atoms with Crippen molar-refractivity contribution in [3.05, 3.63) is 54.1 Å². The van der Waals surface area contributed by atoms with Gasteiger partial charge in [0.2, 0.25) is 0 Å². The third-order valence-corrected chi connectivity index (χ3v) is 6.45. The molecule has 170 valence electrons. The van der Waals surface area contributed by atoms with Gasteiger partial charge >= 0.3 is 0 Å². The maximum absolute atomic E-state index is 7.09. The molecule has 8 heteroatoms. The van der Waals surface area contributed by atoms with Crippen molar-refractivity contribution in [1.29, 1.82) is 5.53 Å². The quantitative estimate of drug-likeness (QED) is 0.115. The van der Waals surface area contributed by atoms with Crippen LogP contribution in [-0.4, -0.2) is 35.4 Å². The number of nitrogens with zero attached hydrogens (tertiary/aromatic N) is 4. The van der Waals surface area contributed by atoms with E-state index in [1.807, 2.05) is 30.3 Å². The van der Waals surface area contributed by atoms with Crippen LogP contribution < -0.4 is 10.6 Å². The molecule has 1 heterocycles. The normalized spacial score (nSPS) is 12.9. The average Bonchev–Trinajstić information content (AvgIpc) is 3.23. The van der Waals surface area contributed by atoms with E-state index in [0.29, 0.717) is 23.4 Å². The lowest BCUT2D eigenvalue weighted by atomic mass is 10.1. The number of thiazole rings is 1. The van der Waals surface area contributed by atoms with Gasteiger partial charge in [-0.3, -0.25) is 0 Å². The predicted molar refractivity (Wildman–Crippen MR) is 132 cm³/mol. The van der Waals surface area contributed by atoms with Crippen LogP contribution in [0.25, 0.3) is 10.2 Å². The van der Waals surface area contributed by atoms with Crippen molar-refractivity contribution in [3.63, 3.8) is 0 Å². The van der Waals surface area contributed by atoms with Crippen molar-refractivity contribution in [1.82, 2.24) is 9.88 Å². The van der Waals surface area contributed by atoms with E-state index in [2.05, 4.69) is 52.1 Å². The van der Waals surface area contributed by atoms with Crippen molar-refractivity contribution in [3.8, 4) is 10.9 Å². The molecule has 0 radical (unpaired) electrons. The zero-order chi connectivity index (χ0) is 22.8. The molecule has 3 aromatic rings. The molecule has 0 aliphatic rings. The van der Waals surface area contributed by atoms with Gasteiger partial charge in [0.15, 0.2) is 5.84 Å². The molecular weight excluding hydrogens is 420 g/mol. The monoisotopic (exact) mass is 452 g/mol. The van der Waals surface area contributed by atoms with E-state index in [0.717, 1.165) is 54.9 Å². The van der Waals surface area contributed by atoms with Crippen LogP contribution in [-0.2, 0) is 6.42 Å². The summed E-state index contributed by atoms with van der Waals surface area (Å²) in [6.07, 6.45) is 3.66. The van der Waals surface area contributed by atoms with Gasteiger partial charge in [-0.05, 0) is 55.1 Å². The first-order valence-electron chi connectivity index (χ1n) is 11.1. The molecule has 3 N–H and O–H groups in total. The predicted octanol–water partition coefficient (Wildman–Crippen LogP) is 6.06. The lowest BCUT2D eigenvalue weighted by Crippen LogP contribution is -2.31. The van der Waals surface area contributed by atoms with Crippen LogP contribution in [0.1, 0.15) is 38.7 Å². The second kappa shape index (κ2) is 12.3. The zero-order valence-electron chi connectivity index (χ0n) is 18.8. The van der Waals surface area contributed by atoms with E-state index in [1.165, 1.54) is 5.56 Å². The Balaban J connectivity index is 1.53. The number of nitrogens with one attached hydrogen (secondary N) is 1. The first kappa shape index (κ1) is 23.8. The smallest absolute Gasteiger partial charge is 0.279 e. The molecule has 0 bridgehead atoms. The average molecular weight is 453 g/mol. The van der Waals surface area contributed by atoms with E-state index in [4.69, 9.17) is 16.1 Å². The molecule has 3 rings (SSSR count). The molecule has 0 saturated heterocycles. The number of para-hydroxylation sites is 1. The molecule has 0 aliphatic carbocycles. The fourth-order valence-electron chi connectivity index (χ4n) is 3.48. The van der Waals surface area contributed by atoms with Crippen molar-refractivity contribution in [2.24, 2.45) is 22.0 Å². The Kier molecular flexibility index (Phi) is 9.13. The number of ether oxygens (including phenoxy) is 1. The summed E-state index contributed by atoms with van der Waals surface area (Å²) < 4.78 is 7.09. The first-order valence-corrected chi connectivity index (χ1v) is 11.9. The van der Waals surface area contributed by atoms with E-state index in [1.54, 1.807) is 11.3 Å². The van der Waals surface area contributed by atoms with E-state index < -0.39 is 0 Å². The van der Waals surface area contributed by atoms with Crippen LogP contribution in [0.15, 0.2) is 58.7 Å². The number of rotatable bonds is 12. The Labute approximate surface area is 193 Å². The lowest BCUT2D eigenvalue weighted by molar-refractivity contribution is 0.235. The van der Waals surface area contributed by atoms with E-state index in [-0.39, 0.29) is 0 Å². The molecule has 1 unspecified atom stereocenters. The second-order valence-corrected chi connectivity index (χ2v) is 9.01. The minimum Gasteiger partial charge on any atom is -0.431 e. The zero-order valence-corrected chi connectivity index (χ0v) is 19.6. The largest absolute Gasteiger partial charge is 0.431 e. The minimum atomic E-state index is 0.400. The van der Waals surface area contributed by atoms with Gasteiger partial charge in [0, 0.05) is 19.5 Å². The third kappa shape index (κ3) is 7.10. The van der Waals surface area contributed by atoms with Gasteiger partial charge < -0.3 is 15.5 Å². The van der Waals surface area contributed by atoms with Crippen LogP contribution in [0.4, 0.5) is 0 Å². The summed E-state index contributed by atoms with van der Waals surface area (Å²) in [6.45, 7) is 7.49. The molecule has 0 spiro atoms. The Hall–Kier alpha value is -2.84. The molecule has 7 nitrogen and oxygen atoms in total. The number of amidine groups is 1. The number of hydrogen-bond donors (Lipinski definition) is 2. The number of hydrazone groups is 1. The Morgan fingerprint density at radius 3 is 2.66 bits per heavy atom. The van der Waals surface area contributed by atoms with Gasteiger partial charge in [0.25, 0.3) is 5.19 Å². The van der Waals surface area contributed by atoms with Crippen LogP contribution in [0.3, 0.4) is 0 Å². The van der Waals surface area contributed by atoms with Crippen LogP contribution in [0.5, 0.6) is 10.9 Å². The third-order valence-electron chi connectivity index (χ3n) is 5.54. The van der Waals surface area contributed by atoms with Crippen molar-refractivity contribution >= 4 is 27.4 Å². The number of aromatic nitrogens is 1. The van der Waals surface area contributed by atoms with Gasteiger partial charge in [-0.1, -0.05) is 55.9 Å². The van der Waals surface area contributed by atoms with Gasteiger partial charge in [0.1, 0.15) is 5.75 Å². The SMILES string of the molecule is CCC(C)CN(CCCC(N=N)=NN)CCc1ccc(Oc2nc3ccccc3s2)cc1. The molecule has 0 saturated carbocycles. The molecule has 2 aromatic carbocycles. The fraction of sp³-hybridized carbons (Fsp3) is 0.417. The summed E-state index contributed by atoms with van der Waals surface area (Å²) in [7, 11) is 0. The highest BCUT2D eigenvalue weighted by atomic mass is 32.1. The summed E-state index contributed by atoms with van der Waals surface area (Å²) in [6, 6.07) is 16.3. The second-order valence-electron chi connectivity index (χ2n) is 8.02. The standard InChI is InChI=1S/C24H32N6OS/c1-3-18(2)17-30(15-6-9-23(28-25)29-26)16-14-19-10-12-20(13-11-19)31-24-27-21-7-4-5-8-22(21)32-24/h4-5,7-8,10-13,18,25H,3,6,9,14-17,26H2,1-2H3. The molecule has 1 aromatic heterocycles. The molecule has 0 fully saturated rings. The van der Waals surface area contributed by atoms with Crippen molar-refractivity contribution < 1.29 is 4.74 Å². The highest BCUT2D eigenvalue weighted by Gasteiger charge is 2.11. The summed E-state index contributed by atoms with van der Waals surface area (Å²) in [5.74, 6) is 7.11. The van der Waals surface area contributed by atoms with Crippen molar-refractivity contribution in [2.75, 3.05) is 19.6 Å². The molecule has 0 aliphatic heterocycles. The maximum atomic E-state index is 7.09. The van der Waals surface area contributed by atoms with Crippen LogP contribution in [0, 0.1) is 11.4 Å². The number of hydrogen-bond acceptors (Lipinski definition) is 7. The maximum Gasteiger partial charge on any atom is 0.279 e. The van der Waals surface area contributed by atoms with Gasteiger partial charge in [-0.15, -0.1) is 5.11 Å². The summed E-state index contributed by atoms with van der Waals surface area (Å²) in [4.78, 5) is 7.02. The van der Waals surface area contributed by atoms with Crippen molar-refractivity contribution in [2.45, 2.75) is 39.5 Å². The van der Waals surface area contributed by atoms with Gasteiger partial charge in [-0.25, -0.2) is 10.5 Å². The number of nitrogens with two attached hydrogens (primary N) is 1. The highest BCUT2D eigenvalue weighted by Crippen LogP contribution is 2.31. The Morgan fingerprint density at radius 2 is 1.97 bits per heavy atom. The Morgan fingerprint density at radius 1 is 1.19 bits per heavy atom. The summed E-state index contributed by atoms with van der Waals surface area (Å²) >= 11 is 1.56. The summed E-state index contributed by atoms with van der Waals surface area (Å²) in [5.41, 5.74) is 9.33. The van der Waals surface area contributed by atoms with Crippen LogP contribution in [0.2, 0.25) is 0 Å². The first-order chi connectivity index (χ1) is 15.6. The highest BCUT2D eigenvalue weighted by molar-refractivity contribution is 7.20. The molecular formula is C24H32N6OS. The molecule has 32 heavy (non-hydrogen) atoms. The van der Waals surface area contributed by atoms with E-state index >= 15 is 0 Å². The minimum absolute atomic E-state index is 0.400. The topological polar surface area (TPSA) is 100.0 Å². The van der Waals surface area contributed by atoms with Gasteiger partial charge in [-0.2, -0.15) is 5.10 Å². The summed E-state index contributed by atoms with van der Waals surface area (Å²) in [5, 5.41) is 7.58. The number of benzene rings is 2.